The molecule has 5 heteroatoms. The smallest absolute Gasteiger partial charge is 0.237 e. The Balaban J connectivity index is 1.22. The van der Waals surface area contributed by atoms with Crippen molar-refractivity contribution in [3.63, 3.8) is 0 Å². The Bertz CT molecular complexity index is 736. The van der Waals surface area contributed by atoms with Crippen LogP contribution in [0.1, 0.15) is 49.3 Å². The lowest BCUT2D eigenvalue weighted by atomic mass is 9.50. The van der Waals surface area contributed by atoms with Crippen LogP contribution >= 0.6 is 0 Å². The minimum Gasteiger partial charge on any atom is -0.388 e. The molecule has 6 rings (SSSR count). The highest BCUT2D eigenvalue weighted by Gasteiger charge is 2.56. The number of carbonyl (C=O) groups excluding carboxylic acids is 1. The number of ether oxygens (including phenoxy) is 1. The lowest BCUT2D eigenvalue weighted by Gasteiger charge is -2.59. The molecular weight excluding hydrogens is 364 g/mol. The van der Waals surface area contributed by atoms with E-state index < -0.39 is 5.60 Å². The fraction of sp³-hybridized carbons (Fsp3) is 0.708. The molecule has 1 aromatic rings. The zero-order valence-electron chi connectivity index (χ0n) is 17.5. The number of fused-ring (bicyclic) bond motifs is 1. The number of hydrogen-bond donors (Lipinski definition) is 2. The second-order valence-corrected chi connectivity index (χ2v) is 9.91. The second kappa shape index (κ2) is 7.68. The third-order valence-electron chi connectivity index (χ3n) is 8.29. The number of methoxy groups -OCH3 is 1. The van der Waals surface area contributed by atoms with Crippen LogP contribution < -0.4 is 5.32 Å². The molecule has 1 aliphatic heterocycles. The Hall–Kier alpha value is -1.43. The van der Waals surface area contributed by atoms with Gasteiger partial charge in [-0.1, -0.05) is 24.3 Å². The second-order valence-electron chi connectivity index (χ2n) is 9.91. The van der Waals surface area contributed by atoms with Crippen LogP contribution in [0.15, 0.2) is 24.3 Å². The van der Waals surface area contributed by atoms with E-state index in [1.165, 1.54) is 43.2 Å². The molecule has 1 amide bonds. The van der Waals surface area contributed by atoms with Gasteiger partial charge in [-0.2, -0.15) is 0 Å². The number of aliphatic hydroxyl groups is 1. The highest BCUT2D eigenvalue weighted by atomic mass is 16.5. The van der Waals surface area contributed by atoms with Crippen molar-refractivity contribution in [2.75, 3.05) is 33.4 Å². The first-order chi connectivity index (χ1) is 14.1. The maximum absolute atomic E-state index is 13.1. The van der Waals surface area contributed by atoms with Gasteiger partial charge in [0.25, 0.3) is 0 Å². The zero-order chi connectivity index (χ0) is 20.0. The molecule has 0 aromatic heterocycles. The van der Waals surface area contributed by atoms with E-state index in [0.717, 1.165) is 24.8 Å². The molecule has 5 aliphatic rings. The van der Waals surface area contributed by atoms with Crippen LogP contribution in [0.4, 0.5) is 0 Å². The Kier molecular flexibility index (Phi) is 5.17. The van der Waals surface area contributed by atoms with Gasteiger partial charge in [0.05, 0.1) is 24.8 Å². The van der Waals surface area contributed by atoms with E-state index in [1.807, 2.05) is 11.0 Å². The molecule has 4 fully saturated rings. The van der Waals surface area contributed by atoms with Crippen LogP contribution in [0.3, 0.4) is 0 Å². The standard InChI is InChI=1S/C24H34N2O3/c1-29-14-22-21-5-3-2-4-18(21)6-7-26(22)23(27)13-25-15-24(28)19-9-16-8-17(11-19)12-20(24)10-16/h2-5,16-17,19-20,22,25,28H,6-15H2,1H3. The molecule has 1 atom stereocenters. The highest BCUT2D eigenvalue weighted by molar-refractivity contribution is 5.79. The topological polar surface area (TPSA) is 61.8 Å². The van der Waals surface area contributed by atoms with Crippen molar-refractivity contribution >= 4 is 5.91 Å². The monoisotopic (exact) mass is 398 g/mol. The lowest BCUT2D eigenvalue weighted by Crippen LogP contribution is -2.62. The van der Waals surface area contributed by atoms with Crippen LogP contribution in [-0.4, -0.2) is 54.9 Å². The van der Waals surface area contributed by atoms with Crippen molar-refractivity contribution in [1.82, 2.24) is 10.2 Å². The largest absolute Gasteiger partial charge is 0.388 e. The zero-order valence-corrected chi connectivity index (χ0v) is 17.5. The summed E-state index contributed by atoms with van der Waals surface area (Å²) in [7, 11) is 1.69. The normalized spacial score (nSPS) is 37.6. The first kappa shape index (κ1) is 19.5. The summed E-state index contributed by atoms with van der Waals surface area (Å²) in [6.45, 7) is 2.08. The van der Waals surface area contributed by atoms with Gasteiger partial charge in [-0.05, 0) is 73.3 Å². The molecule has 4 bridgehead atoms. The predicted molar refractivity (Wildman–Crippen MR) is 111 cm³/mol. The number of benzene rings is 1. The molecule has 5 nitrogen and oxygen atoms in total. The number of amides is 1. The van der Waals surface area contributed by atoms with Gasteiger partial charge in [-0.15, -0.1) is 0 Å². The number of nitrogens with zero attached hydrogens (tertiary/aromatic N) is 1. The molecule has 29 heavy (non-hydrogen) atoms. The Morgan fingerprint density at radius 2 is 1.86 bits per heavy atom. The van der Waals surface area contributed by atoms with E-state index in [0.29, 0.717) is 25.0 Å². The van der Waals surface area contributed by atoms with Crippen molar-refractivity contribution in [1.29, 1.82) is 0 Å². The molecule has 158 valence electrons. The molecule has 0 radical (unpaired) electrons. The summed E-state index contributed by atoms with van der Waals surface area (Å²) in [6.07, 6.45) is 6.98. The van der Waals surface area contributed by atoms with E-state index in [-0.39, 0.29) is 18.5 Å². The van der Waals surface area contributed by atoms with Crippen molar-refractivity contribution < 1.29 is 14.6 Å². The Morgan fingerprint density at radius 3 is 2.55 bits per heavy atom. The molecule has 0 saturated heterocycles. The number of nitrogens with one attached hydrogen (secondary N) is 1. The van der Waals surface area contributed by atoms with Crippen LogP contribution in [0.2, 0.25) is 0 Å². The summed E-state index contributed by atoms with van der Waals surface area (Å²) in [4.78, 5) is 15.0. The average Bonchev–Trinajstić information content (AvgIpc) is 2.72. The van der Waals surface area contributed by atoms with Gasteiger partial charge in [0, 0.05) is 20.2 Å². The van der Waals surface area contributed by atoms with Crippen LogP contribution in [0.25, 0.3) is 0 Å². The number of rotatable bonds is 6. The molecule has 0 spiro atoms. The van der Waals surface area contributed by atoms with Crippen LogP contribution in [-0.2, 0) is 16.0 Å². The quantitative estimate of drug-likeness (QED) is 0.773. The third-order valence-corrected chi connectivity index (χ3v) is 8.29. The molecule has 4 aliphatic carbocycles. The maximum Gasteiger partial charge on any atom is 0.237 e. The summed E-state index contributed by atoms with van der Waals surface area (Å²) < 4.78 is 5.44. The first-order valence-electron chi connectivity index (χ1n) is 11.4. The van der Waals surface area contributed by atoms with E-state index >= 15 is 0 Å². The fourth-order valence-corrected chi connectivity index (χ4v) is 7.05. The van der Waals surface area contributed by atoms with Gasteiger partial charge in [-0.3, -0.25) is 4.79 Å². The van der Waals surface area contributed by atoms with E-state index in [9.17, 15) is 9.90 Å². The van der Waals surface area contributed by atoms with Gasteiger partial charge in [-0.25, -0.2) is 0 Å². The SMILES string of the molecule is COCC1c2ccccc2CCN1C(=O)CNCC1(O)C2CC3CC(C2)CC1C3. The van der Waals surface area contributed by atoms with Gasteiger partial charge in [0.1, 0.15) is 0 Å². The first-order valence-corrected chi connectivity index (χ1v) is 11.4. The van der Waals surface area contributed by atoms with Crippen LogP contribution in [0.5, 0.6) is 0 Å². The molecular formula is C24H34N2O3. The minimum absolute atomic E-state index is 0.0245. The molecule has 1 unspecified atom stereocenters. The third kappa shape index (κ3) is 3.41. The number of carbonyl (C=O) groups is 1. The Morgan fingerprint density at radius 1 is 1.17 bits per heavy atom. The van der Waals surface area contributed by atoms with Gasteiger partial charge < -0.3 is 20.1 Å². The summed E-state index contributed by atoms with van der Waals surface area (Å²) in [5.41, 5.74) is 1.90. The summed E-state index contributed by atoms with van der Waals surface area (Å²) in [6, 6.07) is 8.34. The fourth-order valence-electron chi connectivity index (χ4n) is 7.05. The summed E-state index contributed by atoms with van der Waals surface area (Å²) in [5, 5.41) is 14.8. The van der Waals surface area contributed by atoms with Crippen molar-refractivity contribution in [2.24, 2.45) is 23.7 Å². The summed E-state index contributed by atoms with van der Waals surface area (Å²) in [5.74, 6) is 2.62. The van der Waals surface area contributed by atoms with E-state index in [1.54, 1.807) is 7.11 Å². The van der Waals surface area contributed by atoms with E-state index in [2.05, 4.69) is 23.5 Å². The van der Waals surface area contributed by atoms with Crippen molar-refractivity contribution in [2.45, 2.75) is 50.2 Å². The van der Waals surface area contributed by atoms with Gasteiger partial charge in [0.2, 0.25) is 5.91 Å². The van der Waals surface area contributed by atoms with Gasteiger partial charge in [0.15, 0.2) is 0 Å². The Labute approximate surface area is 173 Å². The molecule has 2 N–H and O–H groups in total. The van der Waals surface area contributed by atoms with Crippen LogP contribution in [0, 0.1) is 23.7 Å². The van der Waals surface area contributed by atoms with E-state index in [4.69, 9.17) is 4.74 Å². The highest BCUT2D eigenvalue weighted by Crippen LogP contribution is 2.58. The summed E-state index contributed by atoms with van der Waals surface area (Å²) >= 11 is 0. The molecule has 1 aromatic carbocycles. The maximum atomic E-state index is 13.1. The predicted octanol–water partition coefficient (Wildman–Crippen LogP) is 2.54. The van der Waals surface area contributed by atoms with Crippen molar-refractivity contribution in [3.05, 3.63) is 35.4 Å². The molecule has 4 saturated carbocycles. The number of hydrogen-bond acceptors (Lipinski definition) is 4. The van der Waals surface area contributed by atoms with Crippen molar-refractivity contribution in [3.8, 4) is 0 Å². The average molecular weight is 399 g/mol. The minimum atomic E-state index is -0.617. The lowest BCUT2D eigenvalue weighted by molar-refractivity contribution is -0.170. The van der Waals surface area contributed by atoms with Gasteiger partial charge >= 0.3 is 0 Å². The molecule has 1 heterocycles.